The molecule has 1 fully saturated rings. The molecule has 1 aromatic rings. The van der Waals surface area contributed by atoms with Crippen molar-refractivity contribution >= 4 is 27.3 Å². The Morgan fingerprint density at radius 2 is 2.28 bits per heavy atom. The molecule has 102 valence electrons. The van der Waals surface area contributed by atoms with Gasteiger partial charge in [0.15, 0.2) is 0 Å². The van der Waals surface area contributed by atoms with Crippen LogP contribution in [0.25, 0.3) is 0 Å². The molecule has 2 nitrogen and oxygen atoms in total. The minimum atomic E-state index is 0.451. The Kier molecular flexibility index (Phi) is 5.24. The van der Waals surface area contributed by atoms with Crippen molar-refractivity contribution in [3.8, 4) is 0 Å². The summed E-state index contributed by atoms with van der Waals surface area (Å²) in [4.78, 5) is 3.99. The quantitative estimate of drug-likeness (QED) is 0.880. The number of hydrogen-bond acceptors (Lipinski definition) is 3. The van der Waals surface area contributed by atoms with Crippen molar-refractivity contribution < 1.29 is 0 Å². The second kappa shape index (κ2) is 6.51. The van der Waals surface area contributed by atoms with E-state index in [9.17, 15) is 0 Å². The van der Waals surface area contributed by atoms with Crippen LogP contribution in [-0.4, -0.2) is 30.6 Å². The van der Waals surface area contributed by atoms with Crippen LogP contribution < -0.4 is 5.32 Å². The molecule has 1 aromatic heterocycles. The van der Waals surface area contributed by atoms with Gasteiger partial charge in [0.2, 0.25) is 0 Å². The molecule has 2 atom stereocenters. The fourth-order valence-electron chi connectivity index (χ4n) is 2.55. The van der Waals surface area contributed by atoms with Gasteiger partial charge in [-0.1, -0.05) is 0 Å². The highest BCUT2D eigenvalue weighted by Crippen LogP contribution is 2.29. The number of likely N-dealkylation sites (tertiary alicyclic amines) is 1. The molecule has 0 spiro atoms. The SMILES string of the molecule is CC(NCC1CCN(C(C)C)C1)c1sccc1Br. The topological polar surface area (TPSA) is 15.3 Å². The van der Waals surface area contributed by atoms with Gasteiger partial charge in [-0.25, -0.2) is 0 Å². The van der Waals surface area contributed by atoms with Crippen LogP contribution in [0.3, 0.4) is 0 Å². The van der Waals surface area contributed by atoms with Gasteiger partial charge in [0.25, 0.3) is 0 Å². The predicted molar refractivity (Wildman–Crippen MR) is 83.3 cm³/mol. The van der Waals surface area contributed by atoms with Crippen LogP contribution in [0.4, 0.5) is 0 Å². The minimum absolute atomic E-state index is 0.451. The molecule has 0 amide bonds. The number of rotatable bonds is 5. The third-order valence-electron chi connectivity index (χ3n) is 3.80. The fourth-order valence-corrected chi connectivity index (χ4v) is 4.30. The maximum absolute atomic E-state index is 3.68. The first-order valence-electron chi connectivity index (χ1n) is 6.78. The van der Waals surface area contributed by atoms with Gasteiger partial charge in [-0.2, -0.15) is 0 Å². The van der Waals surface area contributed by atoms with Crippen molar-refractivity contribution in [2.24, 2.45) is 5.92 Å². The zero-order valence-electron chi connectivity index (χ0n) is 11.4. The standard InChI is InChI=1S/C14H23BrN2S/c1-10(2)17-6-4-12(9-17)8-16-11(3)14-13(15)5-7-18-14/h5,7,10-12,16H,4,6,8-9H2,1-3H3. The Balaban J connectivity index is 1.77. The van der Waals surface area contributed by atoms with Gasteiger partial charge in [0, 0.05) is 28.0 Å². The Labute approximate surface area is 123 Å². The smallest absolute Gasteiger partial charge is 0.0397 e. The van der Waals surface area contributed by atoms with E-state index in [1.54, 1.807) is 0 Å². The minimum Gasteiger partial charge on any atom is -0.309 e. The first kappa shape index (κ1) is 14.5. The van der Waals surface area contributed by atoms with E-state index < -0.39 is 0 Å². The first-order valence-corrected chi connectivity index (χ1v) is 8.45. The summed E-state index contributed by atoms with van der Waals surface area (Å²) in [6.07, 6.45) is 1.34. The molecule has 0 saturated carbocycles. The van der Waals surface area contributed by atoms with Gasteiger partial charge in [0.1, 0.15) is 0 Å². The van der Waals surface area contributed by atoms with Gasteiger partial charge in [-0.05, 0) is 73.6 Å². The molecule has 18 heavy (non-hydrogen) atoms. The van der Waals surface area contributed by atoms with Crippen LogP contribution in [0.15, 0.2) is 15.9 Å². The number of thiophene rings is 1. The normalized spacial score (nSPS) is 22.8. The number of nitrogens with zero attached hydrogens (tertiary/aromatic N) is 1. The van der Waals surface area contributed by atoms with E-state index in [-0.39, 0.29) is 0 Å². The summed E-state index contributed by atoms with van der Waals surface area (Å²) in [5.74, 6) is 0.814. The Hall–Kier alpha value is 0.100. The summed E-state index contributed by atoms with van der Waals surface area (Å²) in [7, 11) is 0. The van der Waals surface area contributed by atoms with Crippen molar-refractivity contribution in [2.45, 2.75) is 39.3 Å². The summed E-state index contributed by atoms with van der Waals surface area (Å²) in [5, 5.41) is 5.83. The fraction of sp³-hybridized carbons (Fsp3) is 0.714. The molecule has 1 saturated heterocycles. The third-order valence-corrected chi connectivity index (χ3v) is 5.85. The molecule has 0 aromatic carbocycles. The van der Waals surface area contributed by atoms with Crippen LogP contribution in [0.1, 0.15) is 38.1 Å². The molecule has 0 radical (unpaired) electrons. The zero-order valence-corrected chi connectivity index (χ0v) is 13.9. The number of halogens is 1. The predicted octanol–water partition coefficient (Wildman–Crippen LogP) is 3.89. The van der Waals surface area contributed by atoms with Crippen molar-refractivity contribution in [1.29, 1.82) is 0 Å². The molecule has 2 unspecified atom stereocenters. The average Bonchev–Trinajstić information content (AvgIpc) is 2.94. The molecule has 1 aliphatic rings. The van der Waals surface area contributed by atoms with E-state index in [1.807, 2.05) is 11.3 Å². The highest BCUT2D eigenvalue weighted by molar-refractivity contribution is 9.10. The van der Waals surface area contributed by atoms with Gasteiger partial charge in [-0.3, -0.25) is 0 Å². The van der Waals surface area contributed by atoms with Gasteiger partial charge in [0.05, 0.1) is 0 Å². The second-order valence-electron chi connectivity index (χ2n) is 5.51. The molecule has 1 N–H and O–H groups in total. The molecular formula is C14H23BrN2S. The summed E-state index contributed by atoms with van der Waals surface area (Å²) < 4.78 is 1.24. The first-order chi connectivity index (χ1) is 8.58. The summed E-state index contributed by atoms with van der Waals surface area (Å²) in [6.45, 7) is 10.5. The highest BCUT2D eigenvalue weighted by Gasteiger charge is 2.24. The zero-order chi connectivity index (χ0) is 13.1. The van der Waals surface area contributed by atoms with E-state index in [0.717, 1.165) is 12.5 Å². The van der Waals surface area contributed by atoms with E-state index in [4.69, 9.17) is 0 Å². The van der Waals surface area contributed by atoms with E-state index in [0.29, 0.717) is 12.1 Å². The molecule has 1 aliphatic heterocycles. The van der Waals surface area contributed by atoms with Crippen molar-refractivity contribution in [3.05, 3.63) is 20.8 Å². The van der Waals surface area contributed by atoms with E-state index in [1.165, 1.54) is 28.9 Å². The summed E-state index contributed by atoms with van der Waals surface area (Å²) in [5.41, 5.74) is 0. The molecule has 4 heteroatoms. The molecule has 0 bridgehead atoms. The van der Waals surface area contributed by atoms with Crippen LogP contribution in [0, 0.1) is 5.92 Å². The molecule has 0 aliphatic carbocycles. The molecular weight excluding hydrogens is 308 g/mol. The van der Waals surface area contributed by atoms with Crippen molar-refractivity contribution in [3.63, 3.8) is 0 Å². The van der Waals surface area contributed by atoms with Gasteiger partial charge >= 0.3 is 0 Å². The highest BCUT2D eigenvalue weighted by atomic mass is 79.9. The van der Waals surface area contributed by atoms with Crippen molar-refractivity contribution in [1.82, 2.24) is 10.2 Å². The maximum atomic E-state index is 3.68. The summed E-state index contributed by atoms with van der Waals surface area (Å²) >= 11 is 5.44. The van der Waals surface area contributed by atoms with Crippen LogP contribution in [0.2, 0.25) is 0 Å². The van der Waals surface area contributed by atoms with Crippen LogP contribution in [0.5, 0.6) is 0 Å². The van der Waals surface area contributed by atoms with Gasteiger partial charge < -0.3 is 10.2 Å². The third kappa shape index (κ3) is 3.56. The lowest BCUT2D eigenvalue weighted by atomic mass is 10.1. The van der Waals surface area contributed by atoms with Crippen molar-refractivity contribution in [2.75, 3.05) is 19.6 Å². The lowest BCUT2D eigenvalue weighted by Crippen LogP contribution is -2.31. The second-order valence-corrected chi connectivity index (χ2v) is 7.31. The molecule has 2 heterocycles. The summed E-state index contributed by atoms with van der Waals surface area (Å²) in [6, 6.07) is 3.28. The molecule has 2 rings (SSSR count). The Morgan fingerprint density at radius 1 is 1.50 bits per heavy atom. The van der Waals surface area contributed by atoms with Crippen LogP contribution in [-0.2, 0) is 0 Å². The Morgan fingerprint density at radius 3 is 2.83 bits per heavy atom. The number of hydrogen-bond donors (Lipinski definition) is 1. The Bertz CT molecular complexity index is 378. The maximum Gasteiger partial charge on any atom is 0.0397 e. The monoisotopic (exact) mass is 330 g/mol. The average molecular weight is 331 g/mol. The number of nitrogens with one attached hydrogen (secondary N) is 1. The van der Waals surface area contributed by atoms with Gasteiger partial charge in [-0.15, -0.1) is 11.3 Å². The lowest BCUT2D eigenvalue weighted by Gasteiger charge is -2.21. The largest absolute Gasteiger partial charge is 0.309 e. The lowest BCUT2D eigenvalue weighted by molar-refractivity contribution is 0.263. The van der Waals surface area contributed by atoms with E-state index >= 15 is 0 Å². The van der Waals surface area contributed by atoms with Crippen LogP contribution >= 0.6 is 27.3 Å². The van der Waals surface area contributed by atoms with E-state index in [2.05, 4.69) is 58.4 Å².